The molecule has 0 fully saturated rings. The van der Waals surface area contributed by atoms with Crippen LogP contribution in [0, 0.1) is 11.7 Å². The molecule has 0 radical (unpaired) electrons. The molecule has 96 valence electrons. The molecule has 17 heavy (non-hydrogen) atoms. The molecule has 3 heteroatoms. The highest BCUT2D eigenvalue weighted by Gasteiger charge is 2.11. The summed E-state index contributed by atoms with van der Waals surface area (Å²) in [4.78, 5) is 0. The maximum Gasteiger partial charge on any atom is 0.145 e. The van der Waals surface area contributed by atoms with Crippen LogP contribution in [0.15, 0.2) is 18.2 Å². The van der Waals surface area contributed by atoms with E-state index in [9.17, 15) is 9.50 Å². The monoisotopic (exact) mass is 258 g/mol. The molecular formula is C14H20ClFO. The Labute approximate surface area is 108 Å². The number of rotatable bonds is 6. The van der Waals surface area contributed by atoms with Crippen molar-refractivity contribution >= 4 is 11.6 Å². The van der Waals surface area contributed by atoms with Crippen molar-refractivity contribution in [2.75, 3.05) is 0 Å². The second-order valence-corrected chi connectivity index (χ2v) is 5.30. The van der Waals surface area contributed by atoms with Crippen molar-refractivity contribution in [2.45, 2.75) is 45.6 Å². The third-order valence-electron chi connectivity index (χ3n) is 2.81. The van der Waals surface area contributed by atoms with E-state index in [1.54, 1.807) is 12.1 Å². The summed E-state index contributed by atoms with van der Waals surface area (Å²) in [5.41, 5.74) is 0.495. The molecule has 0 saturated heterocycles. The van der Waals surface area contributed by atoms with Crippen molar-refractivity contribution in [1.29, 1.82) is 0 Å². The summed E-state index contributed by atoms with van der Waals surface area (Å²) in [5.74, 6) is 0.238. The molecule has 0 aromatic heterocycles. The summed E-state index contributed by atoms with van der Waals surface area (Å²) in [6, 6.07) is 4.90. The van der Waals surface area contributed by atoms with E-state index in [2.05, 4.69) is 13.8 Å². The van der Waals surface area contributed by atoms with Gasteiger partial charge in [0.25, 0.3) is 0 Å². The second kappa shape index (κ2) is 6.97. The zero-order valence-electron chi connectivity index (χ0n) is 10.4. The van der Waals surface area contributed by atoms with Crippen molar-refractivity contribution in [1.82, 2.24) is 0 Å². The first kappa shape index (κ1) is 14.5. The van der Waals surface area contributed by atoms with Gasteiger partial charge >= 0.3 is 0 Å². The summed E-state index contributed by atoms with van der Waals surface area (Å²) in [7, 11) is 0. The molecule has 0 amide bonds. The van der Waals surface area contributed by atoms with E-state index in [0.717, 1.165) is 12.8 Å². The molecular weight excluding hydrogens is 239 g/mol. The highest BCUT2D eigenvalue weighted by atomic mass is 35.5. The van der Waals surface area contributed by atoms with Crippen molar-refractivity contribution < 1.29 is 9.50 Å². The van der Waals surface area contributed by atoms with Crippen LogP contribution in [0.25, 0.3) is 0 Å². The minimum Gasteiger partial charge on any atom is -0.393 e. The molecule has 1 aromatic rings. The normalized spacial score (nSPS) is 13.1. The van der Waals surface area contributed by atoms with Gasteiger partial charge in [-0.3, -0.25) is 0 Å². The van der Waals surface area contributed by atoms with Gasteiger partial charge in [-0.1, -0.05) is 50.4 Å². The van der Waals surface area contributed by atoms with Gasteiger partial charge in [0, 0.05) is 6.42 Å². The number of aliphatic hydroxyl groups excluding tert-OH is 1. The highest BCUT2D eigenvalue weighted by molar-refractivity contribution is 6.30. The molecule has 1 N–H and O–H groups in total. The minimum absolute atomic E-state index is 0.122. The van der Waals surface area contributed by atoms with Gasteiger partial charge in [-0.05, 0) is 24.0 Å². The van der Waals surface area contributed by atoms with Crippen LogP contribution in [-0.4, -0.2) is 11.2 Å². The zero-order chi connectivity index (χ0) is 12.8. The van der Waals surface area contributed by atoms with Crippen LogP contribution in [0.3, 0.4) is 0 Å². The largest absolute Gasteiger partial charge is 0.393 e. The fourth-order valence-electron chi connectivity index (χ4n) is 1.82. The van der Waals surface area contributed by atoms with Gasteiger partial charge in [0.1, 0.15) is 5.82 Å². The van der Waals surface area contributed by atoms with E-state index in [0.29, 0.717) is 24.3 Å². The maximum atomic E-state index is 13.6. The Hall–Kier alpha value is -0.600. The molecule has 0 bridgehead atoms. The fourth-order valence-corrected chi connectivity index (χ4v) is 2.02. The Balaban J connectivity index is 2.45. The van der Waals surface area contributed by atoms with Crippen LogP contribution < -0.4 is 0 Å². The van der Waals surface area contributed by atoms with Gasteiger partial charge in [0.15, 0.2) is 0 Å². The quantitative estimate of drug-likeness (QED) is 0.810. The van der Waals surface area contributed by atoms with E-state index in [1.807, 2.05) is 0 Å². The third-order valence-corrected chi connectivity index (χ3v) is 3.10. The van der Waals surface area contributed by atoms with E-state index in [-0.39, 0.29) is 5.02 Å². The number of aliphatic hydroxyl groups is 1. The average Bonchev–Trinajstić information content (AvgIpc) is 2.24. The molecule has 1 aromatic carbocycles. The molecule has 1 rings (SSSR count). The van der Waals surface area contributed by atoms with Crippen LogP contribution in [0.5, 0.6) is 0 Å². The first-order chi connectivity index (χ1) is 8.00. The topological polar surface area (TPSA) is 20.2 Å². The lowest BCUT2D eigenvalue weighted by Gasteiger charge is -2.12. The van der Waals surface area contributed by atoms with E-state index in [4.69, 9.17) is 11.6 Å². The van der Waals surface area contributed by atoms with Crippen molar-refractivity contribution in [3.05, 3.63) is 34.6 Å². The lowest BCUT2D eigenvalue weighted by atomic mass is 10.00. The van der Waals surface area contributed by atoms with Gasteiger partial charge in [-0.15, -0.1) is 0 Å². The predicted molar refractivity (Wildman–Crippen MR) is 69.8 cm³/mol. The Morgan fingerprint density at radius 1 is 1.29 bits per heavy atom. The van der Waals surface area contributed by atoms with Crippen molar-refractivity contribution in [3.8, 4) is 0 Å². The van der Waals surface area contributed by atoms with Crippen LogP contribution >= 0.6 is 11.6 Å². The number of hydrogen-bond acceptors (Lipinski definition) is 1. The Bertz CT molecular complexity index is 352. The predicted octanol–water partition coefficient (Wildman–Crippen LogP) is 4.21. The smallest absolute Gasteiger partial charge is 0.145 e. The molecule has 0 spiro atoms. The second-order valence-electron chi connectivity index (χ2n) is 4.90. The van der Waals surface area contributed by atoms with E-state index >= 15 is 0 Å². The fraction of sp³-hybridized carbons (Fsp3) is 0.571. The average molecular weight is 259 g/mol. The summed E-state index contributed by atoms with van der Waals surface area (Å²) in [6.45, 7) is 4.31. The molecule has 1 unspecified atom stereocenters. The summed E-state index contributed by atoms with van der Waals surface area (Å²) >= 11 is 5.69. The molecule has 0 aliphatic carbocycles. The van der Waals surface area contributed by atoms with E-state index in [1.165, 1.54) is 6.07 Å². The van der Waals surface area contributed by atoms with Gasteiger partial charge in [-0.2, -0.15) is 0 Å². The first-order valence-corrected chi connectivity index (χ1v) is 6.49. The lowest BCUT2D eigenvalue weighted by molar-refractivity contribution is 0.158. The van der Waals surface area contributed by atoms with Crippen LogP contribution in [0.2, 0.25) is 5.02 Å². The number of benzene rings is 1. The van der Waals surface area contributed by atoms with Crippen LogP contribution in [0.1, 0.15) is 38.7 Å². The summed E-state index contributed by atoms with van der Waals surface area (Å²) in [6.07, 6.45) is 2.63. The van der Waals surface area contributed by atoms with Gasteiger partial charge in [0.05, 0.1) is 11.1 Å². The molecule has 0 heterocycles. The van der Waals surface area contributed by atoms with Gasteiger partial charge < -0.3 is 5.11 Å². The van der Waals surface area contributed by atoms with Crippen molar-refractivity contribution in [2.24, 2.45) is 5.92 Å². The molecule has 0 aliphatic rings. The lowest BCUT2D eigenvalue weighted by Crippen LogP contribution is -2.12. The summed E-state index contributed by atoms with van der Waals surface area (Å²) in [5, 5.41) is 9.94. The molecule has 0 saturated carbocycles. The van der Waals surface area contributed by atoms with Crippen molar-refractivity contribution in [3.63, 3.8) is 0 Å². The Morgan fingerprint density at radius 3 is 2.65 bits per heavy atom. The maximum absolute atomic E-state index is 13.6. The number of halogens is 2. The summed E-state index contributed by atoms with van der Waals surface area (Å²) < 4.78 is 13.6. The first-order valence-electron chi connectivity index (χ1n) is 6.11. The Morgan fingerprint density at radius 2 is 2.00 bits per heavy atom. The third kappa shape index (κ3) is 5.05. The van der Waals surface area contributed by atoms with Gasteiger partial charge in [-0.25, -0.2) is 4.39 Å². The molecule has 0 aliphatic heterocycles. The van der Waals surface area contributed by atoms with Crippen LogP contribution in [0.4, 0.5) is 4.39 Å². The number of hydrogen-bond donors (Lipinski definition) is 1. The molecule has 1 atom stereocenters. The zero-order valence-corrected chi connectivity index (χ0v) is 11.2. The Kier molecular flexibility index (Phi) is 5.93. The van der Waals surface area contributed by atoms with Crippen LogP contribution in [-0.2, 0) is 6.42 Å². The van der Waals surface area contributed by atoms with E-state index < -0.39 is 11.9 Å². The highest BCUT2D eigenvalue weighted by Crippen LogP contribution is 2.20. The standard InChI is InChI=1S/C14H20ClFO/c1-10(2)5-3-7-12(17)9-11-6-4-8-13(15)14(11)16/h4,6,8,10,12,17H,3,5,7,9H2,1-2H3. The van der Waals surface area contributed by atoms with Gasteiger partial charge in [0.2, 0.25) is 0 Å². The minimum atomic E-state index is -0.485. The molecule has 1 nitrogen and oxygen atoms in total. The SMILES string of the molecule is CC(C)CCCC(O)Cc1cccc(Cl)c1F.